The molecule has 3 aromatic rings. The molecule has 0 aliphatic carbocycles. The van der Waals surface area contributed by atoms with Crippen LogP contribution < -0.4 is 10.9 Å². The summed E-state index contributed by atoms with van der Waals surface area (Å²) in [5.74, 6) is 1.35. The number of anilines is 1. The van der Waals surface area contributed by atoms with E-state index in [0.717, 1.165) is 12.2 Å². The molecule has 0 spiro atoms. The Morgan fingerprint density at radius 3 is 2.75 bits per heavy atom. The van der Waals surface area contributed by atoms with Crippen LogP contribution in [-0.4, -0.2) is 26.1 Å². The highest BCUT2D eigenvalue weighted by Gasteiger charge is 2.12. The van der Waals surface area contributed by atoms with Gasteiger partial charge in [-0.25, -0.2) is 15.0 Å². The summed E-state index contributed by atoms with van der Waals surface area (Å²) in [5, 5.41) is 4.06. The van der Waals surface area contributed by atoms with Gasteiger partial charge in [-0.2, -0.15) is 0 Å². The van der Waals surface area contributed by atoms with E-state index in [0.29, 0.717) is 41.4 Å². The lowest BCUT2D eigenvalue weighted by molar-refractivity contribution is 0.598. The van der Waals surface area contributed by atoms with Crippen molar-refractivity contribution in [1.29, 1.82) is 0 Å². The SMILES string of the molecule is CCc1nc2cccc(Cl)c2c(=O)n1CCCNc1ncccn1. The summed E-state index contributed by atoms with van der Waals surface area (Å²) in [6.45, 7) is 3.22. The zero-order valence-corrected chi connectivity index (χ0v) is 14.1. The van der Waals surface area contributed by atoms with Crippen molar-refractivity contribution in [3.63, 3.8) is 0 Å². The van der Waals surface area contributed by atoms with Crippen molar-refractivity contribution in [2.75, 3.05) is 11.9 Å². The standard InChI is InChI=1S/C17H18ClN5O/c1-2-14-22-13-7-3-6-12(18)15(13)16(24)23(14)11-5-10-21-17-19-8-4-9-20-17/h3-4,6-9H,2,5,10-11H2,1H3,(H,19,20,21). The van der Waals surface area contributed by atoms with Crippen molar-refractivity contribution in [3.05, 3.63) is 57.9 Å². The van der Waals surface area contributed by atoms with Crippen LogP contribution in [-0.2, 0) is 13.0 Å². The van der Waals surface area contributed by atoms with Crippen molar-refractivity contribution >= 4 is 28.5 Å². The predicted molar refractivity (Wildman–Crippen MR) is 95.5 cm³/mol. The summed E-state index contributed by atoms with van der Waals surface area (Å²) in [5.41, 5.74) is 0.565. The zero-order valence-electron chi connectivity index (χ0n) is 13.4. The second-order valence-electron chi connectivity index (χ2n) is 5.33. The molecule has 24 heavy (non-hydrogen) atoms. The molecule has 0 atom stereocenters. The minimum atomic E-state index is -0.0848. The summed E-state index contributed by atoms with van der Waals surface area (Å²) in [6, 6.07) is 7.12. The summed E-state index contributed by atoms with van der Waals surface area (Å²) in [6.07, 6.45) is 4.81. The topological polar surface area (TPSA) is 72.7 Å². The minimum Gasteiger partial charge on any atom is -0.354 e. The number of halogens is 1. The van der Waals surface area contributed by atoms with Crippen LogP contribution in [0.3, 0.4) is 0 Å². The highest BCUT2D eigenvalue weighted by Crippen LogP contribution is 2.19. The fraction of sp³-hybridized carbons (Fsp3) is 0.294. The average molecular weight is 344 g/mol. The third kappa shape index (κ3) is 3.38. The van der Waals surface area contributed by atoms with E-state index in [1.807, 2.05) is 19.1 Å². The third-order valence-corrected chi connectivity index (χ3v) is 4.05. The second kappa shape index (κ2) is 7.40. The summed E-state index contributed by atoms with van der Waals surface area (Å²) >= 11 is 6.19. The van der Waals surface area contributed by atoms with Crippen molar-refractivity contribution < 1.29 is 0 Å². The van der Waals surface area contributed by atoms with E-state index in [2.05, 4.69) is 20.3 Å². The van der Waals surface area contributed by atoms with Gasteiger partial charge in [-0.1, -0.05) is 24.6 Å². The number of hydrogen-bond donors (Lipinski definition) is 1. The van der Waals surface area contributed by atoms with Crippen LogP contribution >= 0.6 is 11.6 Å². The molecule has 124 valence electrons. The van der Waals surface area contributed by atoms with Gasteiger partial charge in [0.15, 0.2) is 0 Å². The first-order chi connectivity index (χ1) is 11.7. The number of rotatable bonds is 6. The van der Waals surface area contributed by atoms with Crippen LogP contribution in [0, 0.1) is 0 Å². The molecule has 2 heterocycles. The van der Waals surface area contributed by atoms with E-state index in [-0.39, 0.29) is 5.56 Å². The number of benzene rings is 1. The molecule has 0 unspecified atom stereocenters. The zero-order chi connectivity index (χ0) is 16.9. The van der Waals surface area contributed by atoms with Gasteiger partial charge < -0.3 is 5.32 Å². The van der Waals surface area contributed by atoms with E-state index < -0.39 is 0 Å². The largest absolute Gasteiger partial charge is 0.354 e. The number of fused-ring (bicyclic) bond motifs is 1. The Morgan fingerprint density at radius 1 is 1.21 bits per heavy atom. The van der Waals surface area contributed by atoms with Gasteiger partial charge in [0, 0.05) is 31.9 Å². The Kier molecular flexibility index (Phi) is 5.05. The van der Waals surface area contributed by atoms with Crippen LogP contribution in [0.15, 0.2) is 41.5 Å². The molecule has 6 nitrogen and oxygen atoms in total. The van der Waals surface area contributed by atoms with E-state index in [1.165, 1.54) is 0 Å². The normalized spacial score (nSPS) is 10.9. The molecule has 0 aliphatic heterocycles. The molecule has 1 N–H and O–H groups in total. The molecule has 3 rings (SSSR count). The molecule has 0 fully saturated rings. The Balaban J connectivity index is 1.79. The highest BCUT2D eigenvalue weighted by molar-refractivity contribution is 6.35. The molecule has 0 bridgehead atoms. The molecule has 0 amide bonds. The van der Waals surface area contributed by atoms with Crippen LogP contribution in [0.25, 0.3) is 10.9 Å². The second-order valence-corrected chi connectivity index (χ2v) is 5.73. The molecule has 7 heteroatoms. The van der Waals surface area contributed by atoms with Gasteiger partial charge in [0.05, 0.1) is 15.9 Å². The lowest BCUT2D eigenvalue weighted by Gasteiger charge is -2.13. The van der Waals surface area contributed by atoms with Gasteiger partial charge in [-0.05, 0) is 24.6 Å². The van der Waals surface area contributed by atoms with Gasteiger partial charge in [0.25, 0.3) is 5.56 Å². The maximum Gasteiger partial charge on any atom is 0.262 e. The summed E-state index contributed by atoms with van der Waals surface area (Å²) in [4.78, 5) is 25.6. The van der Waals surface area contributed by atoms with Crippen LogP contribution in [0.4, 0.5) is 5.95 Å². The Morgan fingerprint density at radius 2 is 2.00 bits per heavy atom. The molecule has 2 aromatic heterocycles. The number of aryl methyl sites for hydroxylation is 1. The number of aromatic nitrogens is 4. The van der Waals surface area contributed by atoms with Gasteiger partial charge in [0.2, 0.25) is 5.95 Å². The van der Waals surface area contributed by atoms with Crippen LogP contribution in [0.5, 0.6) is 0 Å². The van der Waals surface area contributed by atoms with E-state index in [4.69, 9.17) is 11.6 Å². The lowest BCUT2D eigenvalue weighted by Crippen LogP contribution is -2.26. The number of nitrogens with zero attached hydrogens (tertiary/aromatic N) is 4. The number of nitrogens with one attached hydrogen (secondary N) is 1. The minimum absolute atomic E-state index is 0.0848. The van der Waals surface area contributed by atoms with E-state index >= 15 is 0 Å². The fourth-order valence-corrected chi connectivity index (χ4v) is 2.85. The fourth-order valence-electron chi connectivity index (χ4n) is 2.60. The highest BCUT2D eigenvalue weighted by atomic mass is 35.5. The Labute approximate surface area is 144 Å². The predicted octanol–water partition coefficient (Wildman–Crippen LogP) is 2.90. The van der Waals surface area contributed by atoms with Crippen LogP contribution in [0.2, 0.25) is 5.02 Å². The Hall–Kier alpha value is -2.47. The van der Waals surface area contributed by atoms with Crippen molar-refractivity contribution in [2.24, 2.45) is 0 Å². The molecule has 0 saturated heterocycles. The van der Waals surface area contributed by atoms with E-state index in [9.17, 15) is 4.79 Å². The first-order valence-electron chi connectivity index (χ1n) is 7.89. The molecular formula is C17H18ClN5O. The average Bonchev–Trinajstić information content (AvgIpc) is 2.60. The van der Waals surface area contributed by atoms with Gasteiger partial charge >= 0.3 is 0 Å². The third-order valence-electron chi connectivity index (χ3n) is 3.74. The van der Waals surface area contributed by atoms with Crippen molar-refractivity contribution in [2.45, 2.75) is 26.3 Å². The molecule has 0 radical (unpaired) electrons. The van der Waals surface area contributed by atoms with Gasteiger partial charge in [-0.3, -0.25) is 9.36 Å². The van der Waals surface area contributed by atoms with Gasteiger partial charge in [0.1, 0.15) is 5.82 Å². The Bertz CT molecular complexity index is 895. The van der Waals surface area contributed by atoms with Gasteiger partial charge in [-0.15, -0.1) is 0 Å². The van der Waals surface area contributed by atoms with Crippen molar-refractivity contribution in [1.82, 2.24) is 19.5 Å². The smallest absolute Gasteiger partial charge is 0.262 e. The lowest BCUT2D eigenvalue weighted by atomic mass is 10.2. The first kappa shape index (κ1) is 16.4. The first-order valence-corrected chi connectivity index (χ1v) is 8.27. The maximum absolute atomic E-state index is 12.8. The van der Waals surface area contributed by atoms with Crippen LogP contribution in [0.1, 0.15) is 19.2 Å². The quantitative estimate of drug-likeness (QED) is 0.697. The van der Waals surface area contributed by atoms with Crippen molar-refractivity contribution in [3.8, 4) is 0 Å². The van der Waals surface area contributed by atoms with E-state index in [1.54, 1.807) is 29.1 Å². The monoisotopic (exact) mass is 343 g/mol. The summed E-state index contributed by atoms with van der Waals surface area (Å²) in [7, 11) is 0. The maximum atomic E-state index is 12.8. The molecule has 0 saturated carbocycles. The summed E-state index contributed by atoms with van der Waals surface area (Å²) < 4.78 is 1.71. The molecule has 0 aliphatic rings. The molecular weight excluding hydrogens is 326 g/mol. The molecule has 1 aromatic carbocycles. The number of hydrogen-bond acceptors (Lipinski definition) is 5.